The van der Waals surface area contributed by atoms with E-state index in [-0.39, 0.29) is 11.8 Å². The fourth-order valence-corrected chi connectivity index (χ4v) is 4.34. The van der Waals surface area contributed by atoms with Crippen molar-refractivity contribution in [2.75, 3.05) is 88.9 Å². The van der Waals surface area contributed by atoms with E-state index in [2.05, 4.69) is 32.1 Å². The number of anilines is 2. The monoisotopic (exact) mass is 415 g/mol. The summed E-state index contributed by atoms with van der Waals surface area (Å²) in [7, 11) is 0. The molecule has 164 valence electrons. The Morgan fingerprint density at radius 1 is 0.800 bits per heavy atom. The average molecular weight is 416 g/mol. The molecule has 8 heteroatoms. The van der Waals surface area contributed by atoms with E-state index in [4.69, 9.17) is 4.74 Å². The quantitative estimate of drug-likeness (QED) is 0.738. The molecule has 0 unspecified atom stereocenters. The number of amides is 2. The van der Waals surface area contributed by atoms with Gasteiger partial charge in [0.15, 0.2) is 0 Å². The molecule has 30 heavy (non-hydrogen) atoms. The first-order chi connectivity index (χ1) is 14.7. The maximum atomic E-state index is 12.4. The highest BCUT2D eigenvalue weighted by atomic mass is 16.5. The molecule has 2 amide bonds. The predicted octanol–water partition coefficient (Wildman–Crippen LogP) is 0.702. The van der Waals surface area contributed by atoms with Gasteiger partial charge in [0.1, 0.15) is 0 Å². The predicted molar refractivity (Wildman–Crippen MR) is 117 cm³/mol. The molecule has 1 aromatic rings. The molecule has 0 bridgehead atoms. The second kappa shape index (κ2) is 10.2. The summed E-state index contributed by atoms with van der Waals surface area (Å²) in [6.07, 6.45) is 2.26. The standard InChI is InChI=1S/C22H33N5O3/c28-21(23-19-3-5-20(6-4-19)26-13-15-30-16-14-26)17-24-9-11-25(12-10-24)18-22(29)27-7-1-2-8-27/h3-6H,1-2,7-18H2,(H,23,28). The highest BCUT2D eigenvalue weighted by molar-refractivity contribution is 5.92. The van der Waals surface area contributed by atoms with Gasteiger partial charge in [-0.1, -0.05) is 0 Å². The van der Waals surface area contributed by atoms with Crippen LogP contribution in [0.15, 0.2) is 24.3 Å². The van der Waals surface area contributed by atoms with E-state index in [9.17, 15) is 9.59 Å². The van der Waals surface area contributed by atoms with Crippen molar-refractivity contribution in [2.24, 2.45) is 0 Å². The SMILES string of the molecule is O=C(CN1CCN(CC(=O)N2CCCC2)CC1)Nc1ccc(N2CCOCC2)cc1. The van der Waals surface area contributed by atoms with Gasteiger partial charge < -0.3 is 19.9 Å². The van der Waals surface area contributed by atoms with Crippen molar-refractivity contribution in [3.8, 4) is 0 Å². The second-order valence-corrected chi connectivity index (χ2v) is 8.33. The van der Waals surface area contributed by atoms with Gasteiger partial charge >= 0.3 is 0 Å². The van der Waals surface area contributed by atoms with Gasteiger partial charge in [0.2, 0.25) is 11.8 Å². The minimum Gasteiger partial charge on any atom is -0.378 e. The lowest BCUT2D eigenvalue weighted by Crippen LogP contribution is -2.51. The molecule has 0 spiro atoms. The molecule has 3 saturated heterocycles. The van der Waals surface area contributed by atoms with Crippen molar-refractivity contribution in [3.05, 3.63) is 24.3 Å². The average Bonchev–Trinajstić information content (AvgIpc) is 3.31. The Kier molecular flexibility index (Phi) is 7.20. The maximum absolute atomic E-state index is 12.4. The van der Waals surface area contributed by atoms with E-state index in [1.165, 1.54) is 0 Å². The lowest BCUT2D eigenvalue weighted by Gasteiger charge is -2.34. The summed E-state index contributed by atoms with van der Waals surface area (Å²) < 4.78 is 5.39. The van der Waals surface area contributed by atoms with Gasteiger partial charge in [-0.2, -0.15) is 0 Å². The molecular formula is C22H33N5O3. The van der Waals surface area contributed by atoms with Gasteiger partial charge in [0, 0.05) is 63.7 Å². The number of nitrogens with zero attached hydrogens (tertiary/aromatic N) is 4. The highest BCUT2D eigenvalue weighted by Crippen LogP contribution is 2.19. The number of piperazine rings is 1. The summed E-state index contributed by atoms with van der Waals surface area (Å²) in [6, 6.07) is 8.03. The lowest BCUT2D eigenvalue weighted by molar-refractivity contribution is -0.132. The van der Waals surface area contributed by atoms with Crippen molar-refractivity contribution in [2.45, 2.75) is 12.8 Å². The number of ether oxygens (including phenoxy) is 1. The maximum Gasteiger partial charge on any atom is 0.238 e. The zero-order valence-corrected chi connectivity index (χ0v) is 17.7. The zero-order valence-electron chi connectivity index (χ0n) is 17.7. The number of hydrogen-bond acceptors (Lipinski definition) is 6. The first kappa shape index (κ1) is 21.1. The number of hydrogen-bond donors (Lipinski definition) is 1. The van der Waals surface area contributed by atoms with Gasteiger partial charge in [0.05, 0.1) is 26.3 Å². The summed E-state index contributed by atoms with van der Waals surface area (Å²) in [5.74, 6) is 0.259. The molecule has 3 aliphatic rings. The van der Waals surface area contributed by atoms with E-state index in [1.54, 1.807) is 0 Å². The number of nitrogens with one attached hydrogen (secondary N) is 1. The molecule has 0 aliphatic carbocycles. The van der Waals surface area contributed by atoms with Crippen LogP contribution in [0.3, 0.4) is 0 Å². The third kappa shape index (κ3) is 5.71. The van der Waals surface area contributed by atoms with Crippen LogP contribution in [0.5, 0.6) is 0 Å². The van der Waals surface area contributed by atoms with Crippen LogP contribution in [0.25, 0.3) is 0 Å². The molecule has 8 nitrogen and oxygen atoms in total. The minimum atomic E-state index is 0.00992. The van der Waals surface area contributed by atoms with Crippen LogP contribution >= 0.6 is 0 Å². The third-order valence-electron chi connectivity index (χ3n) is 6.18. The number of benzene rings is 1. The van der Waals surface area contributed by atoms with Crippen molar-refractivity contribution in [3.63, 3.8) is 0 Å². The van der Waals surface area contributed by atoms with E-state index >= 15 is 0 Å². The molecule has 0 radical (unpaired) electrons. The van der Waals surface area contributed by atoms with Crippen LogP contribution in [-0.4, -0.2) is 105 Å². The van der Waals surface area contributed by atoms with Crippen molar-refractivity contribution >= 4 is 23.2 Å². The molecule has 0 saturated carbocycles. The largest absolute Gasteiger partial charge is 0.378 e. The van der Waals surface area contributed by atoms with Crippen LogP contribution in [0.2, 0.25) is 0 Å². The number of carbonyl (C=O) groups is 2. The van der Waals surface area contributed by atoms with E-state index in [0.29, 0.717) is 13.1 Å². The van der Waals surface area contributed by atoms with Crippen LogP contribution in [0.4, 0.5) is 11.4 Å². The Bertz CT molecular complexity index is 706. The highest BCUT2D eigenvalue weighted by Gasteiger charge is 2.24. The number of rotatable bonds is 6. The van der Waals surface area contributed by atoms with Crippen molar-refractivity contribution < 1.29 is 14.3 Å². The molecule has 3 aliphatic heterocycles. The summed E-state index contributed by atoms with van der Waals surface area (Å²) in [5, 5.41) is 3.00. The van der Waals surface area contributed by atoms with Crippen LogP contribution in [0.1, 0.15) is 12.8 Å². The summed E-state index contributed by atoms with van der Waals surface area (Å²) in [4.78, 5) is 33.4. The fourth-order valence-electron chi connectivity index (χ4n) is 4.34. The van der Waals surface area contributed by atoms with Gasteiger partial charge in [-0.3, -0.25) is 19.4 Å². The number of likely N-dealkylation sites (tertiary alicyclic amines) is 1. The van der Waals surface area contributed by atoms with Crippen LogP contribution < -0.4 is 10.2 Å². The lowest BCUT2D eigenvalue weighted by atomic mass is 10.2. The topological polar surface area (TPSA) is 68.4 Å². The Morgan fingerprint density at radius 2 is 1.40 bits per heavy atom. The van der Waals surface area contributed by atoms with Crippen LogP contribution in [-0.2, 0) is 14.3 Å². The van der Waals surface area contributed by atoms with Gasteiger partial charge in [-0.15, -0.1) is 0 Å². The summed E-state index contributed by atoms with van der Waals surface area (Å²) in [5.41, 5.74) is 1.99. The molecule has 3 heterocycles. The molecule has 0 aromatic heterocycles. The first-order valence-electron chi connectivity index (χ1n) is 11.1. The third-order valence-corrected chi connectivity index (χ3v) is 6.18. The van der Waals surface area contributed by atoms with Crippen molar-refractivity contribution in [1.82, 2.24) is 14.7 Å². The van der Waals surface area contributed by atoms with Crippen molar-refractivity contribution in [1.29, 1.82) is 0 Å². The first-order valence-corrected chi connectivity index (χ1v) is 11.1. The molecular weight excluding hydrogens is 382 g/mol. The second-order valence-electron chi connectivity index (χ2n) is 8.33. The Balaban J connectivity index is 1.17. The normalized spacial score (nSPS) is 21.1. The van der Waals surface area contributed by atoms with E-state index in [1.807, 2.05) is 17.0 Å². The van der Waals surface area contributed by atoms with Gasteiger partial charge in [-0.25, -0.2) is 0 Å². The van der Waals surface area contributed by atoms with Gasteiger partial charge in [-0.05, 0) is 37.1 Å². The Morgan fingerprint density at radius 3 is 2.03 bits per heavy atom. The molecule has 1 N–H and O–H groups in total. The van der Waals surface area contributed by atoms with Gasteiger partial charge in [0.25, 0.3) is 0 Å². The molecule has 4 rings (SSSR count). The molecule has 3 fully saturated rings. The fraction of sp³-hybridized carbons (Fsp3) is 0.636. The minimum absolute atomic E-state index is 0.00992. The summed E-state index contributed by atoms with van der Waals surface area (Å²) >= 11 is 0. The Labute approximate surface area is 178 Å². The van der Waals surface area contributed by atoms with Crippen LogP contribution in [0, 0.1) is 0 Å². The molecule has 0 atom stereocenters. The van der Waals surface area contributed by atoms with E-state index < -0.39 is 0 Å². The Hall–Kier alpha value is -2.16. The number of carbonyl (C=O) groups excluding carboxylic acids is 2. The number of morpholine rings is 1. The molecule has 1 aromatic carbocycles. The smallest absolute Gasteiger partial charge is 0.238 e. The summed E-state index contributed by atoms with van der Waals surface area (Å²) in [6.45, 7) is 9.35. The van der Waals surface area contributed by atoms with E-state index in [0.717, 1.165) is 89.8 Å². The zero-order chi connectivity index (χ0) is 20.8.